The Morgan fingerprint density at radius 1 is 1.35 bits per heavy atom. The highest BCUT2D eigenvalue weighted by molar-refractivity contribution is 5.76. The Kier molecular flexibility index (Phi) is 4.07. The molecule has 1 aliphatic carbocycles. The number of carbonyl (C=O) groups is 1. The van der Waals surface area contributed by atoms with E-state index in [1.54, 1.807) is 7.05 Å². The van der Waals surface area contributed by atoms with Gasteiger partial charge in [-0.2, -0.15) is 5.10 Å². The normalized spacial score (nSPS) is 19.8. The van der Waals surface area contributed by atoms with Crippen LogP contribution in [-0.4, -0.2) is 26.3 Å². The lowest BCUT2D eigenvalue weighted by Gasteiger charge is -2.07. The molecule has 6 nitrogen and oxygen atoms in total. The maximum absolute atomic E-state index is 12.0. The Bertz CT molecular complexity index is 758. The average Bonchev–Trinajstić information content (AvgIpc) is 3.22. The quantitative estimate of drug-likeness (QED) is 0.906. The molecule has 0 saturated heterocycles. The number of nitrogens with one attached hydrogen (secondary N) is 1. The van der Waals surface area contributed by atoms with Crippen LogP contribution < -0.4 is 11.0 Å². The van der Waals surface area contributed by atoms with Gasteiger partial charge in [-0.1, -0.05) is 38.1 Å². The second-order valence-corrected chi connectivity index (χ2v) is 6.52. The second-order valence-electron chi connectivity index (χ2n) is 6.52. The Hall–Kier alpha value is -2.37. The first kappa shape index (κ1) is 15.5. The summed E-state index contributed by atoms with van der Waals surface area (Å²) in [7, 11) is 1.61. The van der Waals surface area contributed by atoms with E-state index >= 15 is 0 Å². The number of amides is 1. The summed E-state index contributed by atoms with van der Waals surface area (Å²) in [6.07, 6.45) is 2.36. The molecular formula is C17H22N4O2. The average molecular weight is 314 g/mol. The summed E-state index contributed by atoms with van der Waals surface area (Å²) >= 11 is 0. The van der Waals surface area contributed by atoms with Gasteiger partial charge in [0.15, 0.2) is 0 Å². The predicted molar refractivity (Wildman–Crippen MR) is 87.3 cm³/mol. The first-order chi connectivity index (χ1) is 11.0. The van der Waals surface area contributed by atoms with E-state index in [0.717, 1.165) is 6.42 Å². The topological polar surface area (TPSA) is 68.9 Å². The Morgan fingerprint density at radius 2 is 2.04 bits per heavy atom. The van der Waals surface area contributed by atoms with Crippen LogP contribution in [0.15, 0.2) is 35.4 Å². The van der Waals surface area contributed by atoms with E-state index in [1.807, 2.05) is 0 Å². The molecule has 0 bridgehead atoms. The zero-order valence-electron chi connectivity index (χ0n) is 13.7. The number of hydrogen-bond acceptors (Lipinski definition) is 3. The van der Waals surface area contributed by atoms with Gasteiger partial charge in [0.1, 0.15) is 12.9 Å². The maximum atomic E-state index is 12.0. The Balaban J connectivity index is 1.55. The molecule has 1 aromatic heterocycles. The number of aryl methyl sites for hydroxylation is 1. The van der Waals surface area contributed by atoms with E-state index in [0.29, 0.717) is 11.8 Å². The van der Waals surface area contributed by atoms with Crippen molar-refractivity contribution >= 4 is 5.91 Å². The summed E-state index contributed by atoms with van der Waals surface area (Å²) in [4.78, 5) is 23.7. The number of nitrogens with zero attached hydrogens (tertiary/aromatic N) is 3. The largest absolute Gasteiger partial charge is 0.351 e. The number of benzene rings is 1. The smallest absolute Gasteiger partial charge is 0.345 e. The lowest BCUT2D eigenvalue weighted by atomic mass is 10.0. The number of aromatic nitrogens is 3. The molecule has 2 unspecified atom stereocenters. The van der Waals surface area contributed by atoms with Crippen LogP contribution in [0, 0.1) is 0 Å². The molecule has 122 valence electrons. The van der Waals surface area contributed by atoms with E-state index in [9.17, 15) is 9.59 Å². The molecule has 0 spiro atoms. The second kappa shape index (κ2) is 6.02. The third-order valence-electron chi connectivity index (χ3n) is 4.35. The molecule has 23 heavy (non-hydrogen) atoms. The molecule has 1 aliphatic rings. The Labute approximate surface area is 135 Å². The number of hydrogen-bond donors (Lipinski definition) is 1. The van der Waals surface area contributed by atoms with Crippen LogP contribution in [0.1, 0.15) is 43.2 Å². The fourth-order valence-corrected chi connectivity index (χ4v) is 2.77. The third-order valence-corrected chi connectivity index (χ3v) is 4.35. The van der Waals surface area contributed by atoms with Crippen LogP contribution in [0.25, 0.3) is 0 Å². The molecule has 1 amide bonds. The van der Waals surface area contributed by atoms with E-state index in [-0.39, 0.29) is 24.2 Å². The van der Waals surface area contributed by atoms with Gasteiger partial charge < -0.3 is 5.32 Å². The van der Waals surface area contributed by atoms with E-state index in [2.05, 4.69) is 48.5 Å². The summed E-state index contributed by atoms with van der Waals surface area (Å²) in [6, 6.07) is 8.77. The lowest BCUT2D eigenvalue weighted by molar-refractivity contribution is -0.122. The molecule has 0 radical (unpaired) electrons. The molecule has 0 aliphatic heterocycles. The van der Waals surface area contributed by atoms with Crippen LogP contribution in [0.4, 0.5) is 0 Å². The first-order valence-electron chi connectivity index (χ1n) is 7.93. The summed E-state index contributed by atoms with van der Waals surface area (Å²) in [5, 5.41) is 6.87. The van der Waals surface area contributed by atoms with Crippen molar-refractivity contribution in [2.45, 2.75) is 44.7 Å². The highest BCUT2D eigenvalue weighted by Gasteiger charge is 2.39. The molecular weight excluding hydrogens is 292 g/mol. The molecule has 1 fully saturated rings. The Morgan fingerprint density at radius 3 is 2.61 bits per heavy atom. The molecule has 1 N–H and O–H groups in total. The standard InChI is InChI=1S/C17H22N4O2/c1-11(2)12-4-6-13(7-5-12)14-8-15(14)19-16(22)9-21-17(23)20(3)10-18-21/h4-7,10-11,14-15H,8-9H2,1-3H3,(H,19,22). The summed E-state index contributed by atoms with van der Waals surface area (Å²) in [5.74, 6) is 0.730. The van der Waals surface area contributed by atoms with Gasteiger partial charge in [0.25, 0.3) is 0 Å². The van der Waals surface area contributed by atoms with E-state index in [4.69, 9.17) is 0 Å². The van der Waals surface area contributed by atoms with Crippen molar-refractivity contribution in [3.8, 4) is 0 Å². The molecule has 6 heteroatoms. The lowest BCUT2D eigenvalue weighted by Crippen LogP contribution is -2.34. The number of carbonyl (C=O) groups excluding carboxylic acids is 1. The molecule has 3 rings (SSSR count). The van der Waals surface area contributed by atoms with Gasteiger partial charge in [-0.15, -0.1) is 0 Å². The first-order valence-corrected chi connectivity index (χ1v) is 7.93. The van der Waals surface area contributed by atoms with Crippen molar-refractivity contribution in [3.05, 3.63) is 52.2 Å². The molecule has 2 atom stereocenters. The molecule has 1 saturated carbocycles. The highest BCUT2D eigenvalue weighted by atomic mass is 16.2. The van der Waals surface area contributed by atoms with Gasteiger partial charge in [-0.3, -0.25) is 9.36 Å². The SMILES string of the molecule is CC(C)c1ccc(C2CC2NC(=O)Cn2ncn(C)c2=O)cc1. The van der Waals surface area contributed by atoms with Crippen LogP contribution in [0.5, 0.6) is 0 Å². The summed E-state index contributed by atoms with van der Waals surface area (Å²) in [5.41, 5.74) is 2.30. The van der Waals surface area contributed by atoms with Gasteiger partial charge in [0.2, 0.25) is 5.91 Å². The minimum Gasteiger partial charge on any atom is -0.351 e. The fraction of sp³-hybridized carbons (Fsp3) is 0.471. The molecule has 1 aromatic carbocycles. The van der Waals surface area contributed by atoms with Gasteiger partial charge in [0, 0.05) is 19.0 Å². The maximum Gasteiger partial charge on any atom is 0.345 e. The van der Waals surface area contributed by atoms with E-state index in [1.165, 1.54) is 26.7 Å². The van der Waals surface area contributed by atoms with Gasteiger partial charge >= 0.3 is 5.69 Å². The minimum absolute atomic E-state index is 0.0326. The fourth-order valence-electron chi connectivity index (χ4n) is 2.77. The van der Waals surface area contributed by atoms with Crippen LogP contribution in [0.3, 0.4) is 0 Å². The van der Waals surface area contributed by atoms with Crippen molar-refractivity contribution < 1.29 is 4.79 Å². The molecule has 2 aromatic rings. The zero-order valence-corrected chi connectivity index (χ0v) is 13.7. The third kappa shape index (κ3) is 3.36. The highest BCUT2D eigenvalue weighted by Crippen LogP contribution is 2.41. The van der Waals surface area contributed by atoms with Crippen molar-refractivity contribution in [1.82, 2.24) is 19.7 Å². The van der Waals surface area contributed by atoms with Crippen LogP contribution in [-0.2, 0) is 18.4 Å². The summed E-state index contributed by atoms with van der Waals surface area (Å²) in [6.45, 7) is 4.32. The predicted octanol–water partition coefficient (Wildman–Crippen LogP) is 1.38. The van der Waals surface area contributed by atoms with Crippen molar-refractivity contribution in [3.63, 3.8) is 0 Å². The van der Waals surface area contributed by atoms with Crippen molar-refractivity contribution in [1.29, 1.82) is 0 Å². The minimum atomic E-state index is -0.281. The van der Waals surface area contributed by atoms with Crippen LogP contribution in [0.2, 0.25) is 0 Å². The van der Waals surface area contributed by atoms with Gasteiger partial charge in [-0.05, 0) is 23.5 Å². The van der Waals surface area contributed by atoms with Crippen LogP contribution >= 0.6 is 0 Å². The van der Waals surface area contributed by atoms with Gasteiger partial charge in [0.05, 0.1) is 0 Å². The van der Waals surface area contributed by atoms with Crippen molar-refractivity contribution in [2.24, 2.45) is 7.05 Å². The van der Waals surface area contributed by atoms with E-state index < -0.39 is 0 Å². The number of rotatable bonds is 5. The summed E-state index contributed by atoms with van der Waals surface area (Å²) < 4.78 is 2.52. The van der Waals surface area contributed by atoms with Crippen molar-refractivity contribution in [2.75, 3.05) is 0 Å². The molecule has 1 heterocycles. The monoisotopic (exact) mass is 314 g/mol. The van der Waals surface area contributed by atoms with Gasteiger partial charge in [-0.25, -0.2) is 9.48 Å². The zero-order chi connectivity index (χ0) is 16.6.